The Morgan fingerprint density at radius 1 is 1.62 bits per heavy atom. The molecule has 0 radical (unpaired) electrons. The smallest absolute Gasteiger partial charge is 0.356 e. The Bertz CT molecular complexity index is 379. The van der Waals surface area contributed by atoms with Crippen LogP contribution in [0.15, 0.2) is 6.07 Å². The number of nitrogens with zero attached hydrogens (tertiary/aromatic N) is 1. The maximum Gasteiger partial charge on any atom is 0.356 e. The third kappa shape index (κ3) is 1.27. The van der Waals surface area contributed by atoms with E-state index in [1.54, 1.807) is 0 Å². The predicted octanol–water partition coefficient (Wildman–Crippen LogP) is 1.16. The van der Waals surface area contributed by atoms with Crippen LogP contribution in [0.1, 0.15) is 10.5 Å². The quantitative estimate of drug-likeness (QED) is 0.739. The van der Waals surface area contributed by atoms with Crippen molar-refractivity contribution < 1.29 is 19.4 Å². The molecule has 1 N–H and O–H groups in total. The second-order valence-electron chi connectivity index (χ2n) is 2.33. The zero-order chi connectivity index (χ0) is 9.42. The van der Waals surface area contributed by atoms with Gasteiger partial charge in [-0.2, -0.15) is 0 Å². The Labute approximate surface area is 77.9 Å². The van der Waals surface area contributed by atoms with Crippen LogP contribution in [0.2, 0.25) is 5.02 Å². The summed E-state index contributed by atoms with van der Waals surface area (Å²) in [6.07, 6.45) is 0. The van der Waals surface area contributed by atoms with Gasteiger partial charge in [0.2, 0.25) is 6.79 Å². The third-order valence-corrected chi connectivity index (χ3v) is 1.81. The van der Waals surface area contributed by atoms with Gasteiger partial charge in [0.05, 0.1) is 5.02 Å². The van der Waals surface area contributed by atoms with Crippen LogP contribution in [0.4, 0.5) is 0 Å². The van der Waals surface area contributed by atoms with Crippen LogP contribution in [-0.2, 0) is 0 Å². The predicted molar refractivity (Wildman–Crippen MR) is 42.3 cm³/mol. The van der Waals surface area contributed by atoms with Crippen molar-refractivity contribution in [3.8, 4) is 11.6 Å². The molecule has 2 heterocycles. The second kappa shape index (κ2) is 2.77. The first-order valence-electron chi connectivity index (χ1n) is 3.38. The molecule has 6 heteroatoms. The number of aromatic nitrogens is 1. The van der Waals surface area contributed by atoms with E-state index >= 15 is 0 Å². The van der Waals surface area contributed by atoms with Crippen molar-refractivity contribution in [3.63, 3.8) is 0 Å². The van der Waals surface area contributed by atoms with Crippen LogP contribution in [0, 0.1) is 0 Å². The van der Waals surface area contributed by atoms with Crippen LogP contribution < -0.4 is 9.47 Å². The summed E-state index contributed by atoms with van der Waals surface area (Å²) in [5.41, 5.74) is -0.231. The number of aromatic carboxylic acids is 1. The van der Waals surface area contributed by atoms with Gasteiger partial charge >= 0.3 is 5.97 Å². The van der Waals surface area contributed by atoms with Gasteiger partial charge in [0.25, 0.3) is 5.88 Å². The molecule has 0 aromatic carbocycles. The highest BCUT2D eigenvalue weighted by Gasteiger charge is 2.21. The normalized spacial score (nSPS) is 13.0. The standard InChI is InChI=1S/C7H4ClNO4/c8-3-1-4-6(13-2-12-4)9-5(3)7(10)11/h1H,2H2,(H,10,11). The second-order valence-corrected chi connectivity index (χ2v) is 2.74. The molecule has 0 bridgehead atoms. The molecule has 1 aromatic heterocycles. The molecular formula is C7H4ClNO4. The lowest BCUT2D eigenvalue weighted by Gasteiger charge is -1.99. The van der Waals surface area contributed by atoms with Gasteiger partial charge in [-0.15, -0.1) is 0 Å². The maximum absolute atomic E-state index is 10.6. The van der Waals surface area contributed by atoms with Crippen LogP contribution >= 0.6 is 11.6 Å². The van der Waals surface area contributed by atoms with E-state index in [1.165, 1.54) is 6.07 Å². The Balaban J connectivity index is 2.55. The summed E-state index contributed by atoms with van der Waals surface area (Å²) in [7, 11) is 0. The van der Waals surface area contributed by atoms with E-state index in [1.807, 2.05) is 0 Å². The molecule has 0 aliphatic carbocycles. The topological polar surface area (TPSA) is 68.7 Å². The molecule has 0 fully saturated rings. The monoisotopic (exact) mass is 201 g/mol. The Kier molecular flexibility index (Phi) is 1.73. The molecule has 0 spiro atoms. The van der Waals surface area contributed by atoms with Gasteiger partial charge < -0.3 is 14.6 Å². The highest BCUT2D eigenvalue weighted by Crippen LogP contribution is 2.33. The average Bonchev–Trinajstić information content (AvgIpc) is 2.48. The molecule has 1 aromatic rings. The number of carbonyl (C=O) groups is 1. The van der Waals surface area contributed by atoms with Gasteiger partial charge in [-0.1, -0.05) is 11.6 Å². The number of carboxylic acids is 1. The highest BCUT2D eigenvalue weighted by molar-refractivity contribution is 6.33. The van der Waals surface area contributed by atoms with Crippen molar-refractivity contribution >= 4 is 17.6 Å². The lowest BCUT2D eigenvalue weighted by molar-refractivity contribution is 0.0689. The van der Waals surface area contributed by atoms with E-state index in [0.717, 1.165) is 0 Å². The number of hydrogen-bond acceptors (Lipinski definition) is 4. The molecule has 0 amide bonds. The average molecular weight is 202 g/mol. The summed E-state index contributed by atoms with van der Waals surface area (Å²) in [5, 5.41) is 8.69. The van der Waals surface area contributed by atoms with Gasteiger partial charge in [0.15, 0.2) is 11.4 Å². The maximum atomic E-state index is 10.6. The summed E-state index contributed by atoms with van der Waals surface area (Å²) >= 11 is 5.62. The fraction of sp³-hybridized carbons (Fsp3) is 0.143. The number of hydrogen-bond donors (Lipinski definition) is 1. The molecule has 5 nitrogen and oxygen atoms in total. The highest BCUT2D eigenvalue weighted by atomic mass is 35.5. The van der Waals surface area contributed by atoms with Crippen LogP contribution in [0.3, 0.4) is 0 Å². The first kappa shape index (κ1) is 8.12. The van der Waals surface area contributed by atoms with Crippen molar-refractivity contribution in [2.45, 2.75) is 0 Å². The van der Waals surface area contributed by atoms with E-state index < -0.39 is 5.97 Å². The number of pyridine rings is 1. The van der Waals surface area contributed by atoms with Crippen molar-refractivity contribution in [3.05, 3.63) is 16.8 Å². The number of fused-ring (bicyclic) bond motifs is 1. The zero-order valence-electron chi connectivity index (χ0n) is 6.28. The van der Waals surface area contributed by atoms with E-state index in [0.29, 0.717) is 5.75 Å². The van der Waals surface area contributed by atoms with Gasteiger partial charge in [-0.25, -0.2) is 9.78 Å². The van der Waals surface area contributed by atoms with Gasteiger partial charge in [-0.05, 0) is 0 Å². The van der Waals surface area contributed by atoms with Gasteiger partial charge in [-0.3, -0.25) is 0 Å². The minimum absolute atomic E-state index is 0.0387. The van der Waals surface area contributed by atoms with Crippen molar-refractivity contribution in [2.75, 3.05) is 6.79 Å². The Hall–Kier alpha value is -1.49. The molecular weight excluding hydrogens is 198 g/mol. The van der Waals surface area contributed by atoms with Gasteiger partial charge in [0, 0.05) is 6.07 Å². The number of ether oxygens (including phenoxy) is 2. The summed E-state index contributed by atoms with van der Waals surface area (Å²) in [6, 6.07) is 1.38. The van der Waals surface area contributed by atoms with Crippen molar-refractivity contribution in [2.24, 2.45) is 0 Å². The summed E-state index contributed by atoms with van der Waals surface area (Å²) in [5.74, 6) is -0.653. The first-order chi connectivity index (χ1) is 6.18. The fourth-order valence-electron chi connectivity index (χ4n) is 0.961. The minimum Gasteiger partial charge on any atom is -0.476 e. The number of rotatable bonds is 1. The molecule has 0 atom stereocenters. The minimum atomic E-state index is -1.19. The number of carboxylic acid groups (broad SMARTS) is 1. The SMILES string of the molecule is O=C(O)c1nc2c(cc1Cl)OCO2. The molecule has 0 saturated carbocycles. The molecule has 68 valence electrons. The first-order valence-corrected chi connectivity index (χ1v) is 3.75. The number of halogens is 1. The Morgan fingerprint density at radius 3 is 3.08 bits per heavy atom. The Morgan fingerprint density at radius 2 is 2.38 bits per heavy atom. The molecule has 0 unspecified atom stereocenters. The zero-order valence-corrected chi connectivity index (χ0v) is 7.04. The molecule has 1 aliphatic rings. The summed E-state index contributed by atoms with van der Waals surface area (Å²) in [4.78, 5) is 14.3. The van der Waals surface area contributed by atoms with Crippen molar-refractivity contribution in [1.82, 2.24) is 4.98 Å². The van der Waals surface area contributed by atoms with E-state index in [-0.39, 0.29) is 23.4 Å². The van der Waals surface area contributed by atoms with Crippen LogP contribution in [0.25, 0.3) is 0 Å². The van der Waals surface area contributed by atoms with Crippen LogP contribution in [0.5, 0.6) is 11.6 Å². The van der Waals surface area contributed by atoms with Crippen molar-refractivity contribution in [1.29, 1.82) is 0 Å². The molecule has 0 saturated heterocycles. The fourth-order valence-corrected chi connectivity index (χ4v) is 1.18. The summed E-state index contributed by atoms with van der Waals surface area (Å²) in [6.45, 7) is 0.0434. The molecule has 2 rings (SSSR count). The lowest BCUT2D eigenvalue weighted by atomic mass is 10.3. The summed E-state index contributed by atoms with van der Waals surface area (Å²) < 4.78 is 9.84. The largest absolute Gasteiger partial charge is 0.476 e. The van der Waals surface area contributed by atoms with E-state index in [4.69, 9.17) is 26.2 Å². The molecule has 1 aliphatic heterocycles. The lowest BCUT2D eigenvalue weighted by Crippen LogP contribution is -2.01. The van der Waals surface area contributed by atoms with Gasteiger partial charge in [0.1, 0.15) is 0 Å². The van der Waals surface area contributed by atoms with E-state index in [2.05, 4.69) is 4.98 Å². The van der Waals surface area contributed by atoms with Crippen LogP contribution in [-0.4, -0.2) is 22.9 Å². The molecule has 13 heavy (non-hydrogen) atoms. The van der Waals surface area contributed by atoms with E-state index in [9.17, 15) is 4.79 Å². The third-order valence-electron chi connectivity index (χ3n) is 1.52.